The number of hydrogen-bond donors (Lipinski definition) is 1. The van der Waals surface area contributed by atoms with Crippen LogP contribution in [0.2, 0.25) is 0 Å². The lowest BCUT2D eigenvalue weighted by atomic mass is 9.99. The van der Waals surface area contributed by atoms with E-state index in [4.69, 9.17) is 0 Å². The summed E-state index contributed by atoms with van der Waals surface area (Å²) in [5, 5.41) is 3.61. The van der Waals surface area contributed by atoms with E-state index >= 15 is 0 Å². The Balaban J connectivity index is 2.07. The van der Waals surface area contributed by atoms with Gasteiger partial charge < -0.3 is 10.2 Å². The van der Waals surface area contributed by atoms with E-state index in [0.717, 1.165) is 18.0 Å². The zero-order valence-corrected chi connectivity index (χ0v) is 7.51. The van der Waals surface area contributed by atoms with E-state index in [9.17, 15) is 0 Å². The van der Waals surface area contributed by atoms with E-state index in [2.05, 4.69) is 24.2 Å². The Labute approximate surface area is 69.0 Å². The normalized spacial score (nSPS) is 44.7. The summed E-state index contributed by atoms with van der Waals surface area (Å²) >= 11 is 0. The second-order valence-corrected chi connectivity index (χ2v) is 3.94. The van der Waals surface area contributed by atoms with Gasteiger partial charge in [0, 0.05) is 18.6 Å². The molecule has 1 N–H and O–H groups in total. The molecule has 2 aliphatic heterocycles. The van der Waals surface area contributed by atoms with Crippen molar-refractivity contribution >= 4 is 0 Å². The Morgan fingerprint density at radius 1 is 1.55 bits per heavy atom. The molecule has 11 heavy (non-hydrogen) atoms. The number of rotatable bonds is 1. The van der Waals surface area contributed by atoms with Crippen LogP contribution >= 0.6 is 0 Å². The van der Waals surface area contributed by atoms with Crippen LogP contribution in [0.3, 0.4) is 0 Å². The van der Waals surface area contributed by atoms with Gasteiger partial charge in [0.2, 0.25) is 0 Å². The van der Waals surface area contributed by atoms with Gasteiger partial charge >= 0.3 is 0 Å². The second kappa shape index (κ2) is 2.76. The van der Waals surface area contributed by atoms with Crippen LogP contribution in [0.25, 0.3) is 0 Å². The van der Waals surface area contributed by atoms with Crippen LogP contribution < -0.4 is 5.32 Å². The van der Waals surface area contributed by atoms with Crippen molar-refractivity contribution in [2.75, 3.05) is 20.1 Å². The summed E-state index contributed by atoms with van der Waals surface area (Å²) in [4.78, 5) is 2.52. The molecule has 2 nitrogen and oxygen atoms in total. The molecular weight excluding hydrogens is 136 g/mol. The van der Waals surface area contributed by atoms with Gasteiger partial charge in [-0.25, -0.2) is 0 Å². The van der Waals surface area contributed by atoms with E-state index in [-0.39, 0.29) is 0 Å². The number of hydrogen-bond acceptors (Lipinski definition) is 2. The minimum Gasteiger partial charge on any atom is -0.312 e. The first-order valence-electron chi connectivity index (χ1n) is 4.76. The maximum atomic E-state index is 3.61. The highest BCUT2D eigenvalue weighted by Crippen LogP contribution is 2.30. The molecule has 2 aliphatic rings. The molecule has 64 valence electrons. The van der Waals surface area contributed by atoms with E-state index in [1.165, 1.54) is 25.9 Å². The summed E-state index contributed by atoms with van der Waals surface area (Å²) in [6.07, 6.45) is 2.69. The number of likely N-dealkylation sites (tertiary alicyclic amines) is 1. The predicted molar refractivity (Wildman–Crippen MR) is 46.6 cm³/mol. The third-order valence-corrected chi connectivity index (χ3v) is 3.32. The lowest BCUT2D eigenvalue weighted by Crippen LogP contribution is -2.39. The molecule has 0 aliphatic carbocycles. The van der Waals surface area contributed by atoms with Crippen LogP contribution in [-0.4, -0.2) is 37.1 Å². The molecule has 2 heterocycles. The molecule has 0 aromatic carbocycles. The molecule has 0 saturated carbocycles. The third-order valence-electron chi connectivity index (χ3n) is 3.32. The topological polar surface area (TPSA) is 15.3 Å². The van der Waals surface area contributed by atoms with Gasteiger partial charge in [-0.15, -0.1) is 0 Å². The average molecular weight is 154 g/mol. The summed E-state index contributed by atoms with van der Waals surface area (Å²) in [7, 11) is 2.26. The number of nitrogens with one attached hydrogen (secondary N) is 1. The van der Waals surface area contributed by atoms with Crippen molar-refractivity contribution < 1.29 is 0 Å². The van der Waals surface area contributed by atoms with Gasteiger partial charge in [-0.05, 0) is 32.4 Å². The van der Waals surface area contributed by atoms with E-state index in [0.29, 0.717) is 0 Å². The second-order valence-electron chi connectivity index (χ2n) is 3.94. The molecular formula is C9H18N2. The molecule has 2 rings (SSSR count). The summed E-state index contributed by atoms with van der Waals surface area (Å²) in [5.41, 5.74) is 0. The fourth-order valence-corrected chi connectivity index (χ4v) is 2.78. The molecule has 0 bridgehead atoms. The van der Waals surface area contributed by atoms with Crippen molar-refractivity contribution in [1.29, 1.82) is 0 Å². The van der Waals surface area contributed by atoms with E-state index in [1.54, 1.807) is 0 Å². The molecule has 0 aromatic heterocycles. The minimum absolute atomic E-state index is 0.808. The highest BCUT2D eigenvalue weighted by molar-refractivity contribution is 4.99. The first kappa shape index (κ1) is 7.56. The van der Waals surface area contributed by atoms with Gasteiger partial charge in [0.1, 0.15) is 0 Å². The van der Waals surface area contributed by atoms with Crippen LogP contribution in [0.15, 0.2) is 0 Å². The van der Waals surface area contributed by atoms with Crippen LogP contribution in [0.5, 0.6) is 0 Å². The lowest BCUT2D eigenvalue weighted by molar-refractivity contribution is 0.275. The van der Waals surface area contributed by atoms with Crippen molar-refractivity contribution in [3.63, 3.8) is 0 Å². The molecule has 2 heteroatoms. The number of nitrogens with zero attached hydrogens (tertiary/aromatic N) is 1. The largest absolute Gasteiger partial charge is 0.312 e. The Hall–Kier alpha value is -0.0800. The maximum absolute atomic E-state index is 3.61. The molecule has 0 amide bonds. The molecule has 2 saturated heterocycles. The maximum Gasteiger partial charge on any atom is 0.0264 e. The van der Waals surface area contributed by atoms with Crippen molar-refractivity contribution in [3.05, 3.63) is 0 Å². The van der Waals surface area contributed by atoms with Crippen molar-refractivity contribution in [3.8, 4) is 0 Å². The number of fused-ring (bicyclic) bond motifs is 1. The summed E-state index contributed by atoms with van der Waals surface area (Å²) < 4.78 is 0. The molecule has 0 spiro atoms. The molecule has 2 fully saturated rings. The van der Waals surface area contributed by atoms with Gasteiger partial charge in [0.05, 0.1) is 0 Å². The fourth-order valence-electron chi connectivity index (χ4n) is 2.78. The number of likely N-dealkylation sites (N-methyl/N-ethyl adjacent to an activating group) is 1. The van der Waals surface area contributed by atoms with Gasteiger partial charge in [0.15, 0.2) is 0 Å². The third kappa shape index (κ3) is 1.09. The fraction of sp³-hybridized carbons (Fsp3) is 1.00. The monoisotopic (exact) mass is 154 g/mol. The molecule has 0 radical (unpaired) electrons. The molecule has 3 unspecified atom stereocenters. The zero-order valence-electron chi connectivity index (χ0n) is 7.51. The molecule has 0 aromatic rings. The Kier molecular flexibility index (Phi) is 1.90. The minimum atomic E-state index is 0.808. The van der Waals surface area contributed by atoms with Crippen molar-refractivity contribution in [2.24, 2.45) is 5.92 Å². The van der Waals surface area contributed by atoms with Gasteiger partial charge in [-0.1, -0.05) is 6.92 Å². The van der Waals surface area contributed by atoms with Gasteiger partial charge in [-0.2, -0.15) is 0 Å². The quantitative estimate of drug-likeness (QED) is 0.598. The van der Waals surface area contributed by atoms with Crippen molar-refractivity contribution in [1.82, 2.24) is 10.2 Å². The summed E-state index contributed by atoms with van der Waals surface area (Å²) in [6.45, 7) is 4.86. The van der Waals surface area contributed by atoms with Crippen molar-refractivity contribution in [2.45, 2.75) is 31.8 Å². The van der Waals surface area contributed by atoms with Crippen LogP contribution in [-0.2, 0) is 0 Å². The van der Waals surface area contributed by atoms with E-state index < -0.39 is 0 Å². The smallest absolute Gasteiger partial charge is 0.0264 e. The predicted octanol–water partition coefficient (Wildman–Crippen LogP) is 0.689. The van der Waals surface area contributed by atoms with Gasteiger partial charge in [0.25, 0.3) is 0 Å². The highest BCUT2D eigenvalue weighted by atomic mass is 15.2. The lowest BCUT2D eigenvalue weighted by Gasteiger charge is -2.22. The highest BCUT2D eigenvalue weighted by Gasteiger charge is 2.40. The zero-order chi connectivity index (χ0) is 7.84. The average Bonchev–Trinajstić information content (AvgIpc) is 2.46. The Bertz CT molecular complexity index is 146. The standard InChI is InChI=1S/C9H18N2/c1-3-8-9-7(4-5-10-9)6-11(8)2/h7-10H,3-6H2,1-2H3. The van der Waals surface area contributed by atoms with Crippen LogP contribution in [0.1, 0.15) is 19.8 Å². The van der Waals surface area contributed by atoms with E-state index in [1.807, 2.05) is 0 Å². The Morgan fingerprint density at radius 3 is 3.09 bits per heavy atom. The Morgan fingerprint density at radius 2 is 2.36 bits per heavy atom. The van der Waals surface area contributed by atoms with Crippen LogP contribution in [0, 0.1) is 5.92 Å². The first-order chi connectivity index (χ1) is 5.33. The van der Waals surface area contributed by atoms with Crippen LogP contribution in [0.4, 0.5) is 0 Å². The SMILES string of the molecule is CCC1C2NCCC2CN1C. The van der Waals surface area contributed by atoms with Gasteiger partial charge in [-0.3, -0.25) is 0 Å². The molecule has 3 atom stereocenters. The summed E-state index contributed by atoms with van der Waals surface area (Å²) in [6, 6.07) is 1.62. The summed E-state index contributed by atoms with van der Waals surface area (Å²) in [5.74, 6) is 0.949. The first-order valence-corrected chi connectivity index (χ1v) is 4.76.